The van der Waals surface area contributed by atoms with Gasteiger partial charge in [0.05, 0.1) is 22.8 Å². The van der Waals surface area contributed by atoms with Gasteiger partial charge in [0, 0.05) is 22.9 Å². The first-order chi connectivity index (χ1) is 10.7. The summed E-state index contributed by atoms with van der Waals surface area (Å²) < 4.78 is 0. The lowest BCUT2D eigenvalue weighted by molar-refractivity contribution is 0.0697. The topological polar surface area (TPSA) is 94.7 Å². The third kappa shape index (κ3) is 2.01. The second-order valence-corrected chi connectivity index (χ2v) is 5.21. The lowest BCUT2D eigenvalue weighted by Gasteiger charge is -2.01. The zero-order chi connectivity index (χ0) is 15.1. The van der Waals surface area contributed by atoms with Gasteiger partial charge < -0.3 is 5.11 Å². The third-order valence-electron chi connectivity index (χ3n) is 3.77. The molecule has 0 amide bonds. The maximum Gasteiger partial charge on any atom is 0.335 e. The molecule has 6 nitrogen and oxygen atoms in total. The van der Waals surface area contributed by atoms with Crippen molar-refractivity contribution in [1.82, 2.24) is 20.4 Å². The average Bonchev–Trinajstić information content (AvgIpc) is 3.13. The number of nitrogens with zero attached hydrogens (tertiary/aromatic N) is 2. The molecule has 0 spiro atoms. The Balaban J connectivity index is 1.76. The Kier molecular flexibility index (Phi) is 2.69. The number of carboxylic acids is 1. The summed E-state index contributed by atoms with van der Waals surface area (Å²) in [5.41, 5.74) is 4.01. The molecule has 0 atom stereocenters. The number of benzene rings is 2. The number of hydrogen-bond donors (Lipinski definition) is 3. The number of fused-ring (bicyclic) bond motifs is 2. The second kappa shape index (κ2) is 4.70. The van der Waals surface area contributed by atoms with Gasteiger partial charge in [-0.2, -0.15) is 10.2 Å². The van der Waals surface area contributed by atoms with Gasteiger partial charge in [0.2, 0.25) is 0 Å². The molecule has 0 bridgehead atoms. The highest BCUT2D eigenvalue weighted by molar-refractivity contribution is 5.94. The summed E-state index contributed by atoms with van der Waals surface area (Å²) in [6.45, 7) is 0. The largest absolute Gasteiger partial charge is 0.478 e. The molecule has 2 aromatic carbocycles. The summed E-state index contributed by atoms with van der Waals surface area (Å²) in [5, 5.41) is 25.2. The maximum absolute atomic E-state index is 11.1. The Labute approximate surface area is 124 Å². The fraction of sp³-hybridized carbons (Fsp3) is 0.0625. The van der Waals surface area contributed by atoms with E-state index in [1.807, 2.05) is 18.2 Å². The van der Waals surface area contributed by atoms with Crippen LogP contribution in [0.3, 0.4) is 0 Å². The Morgan fingerprint density at radius 2 is 2.05 bits per heavy atom. The van der Waals surface area contributed by atoms with Crippen LogP contribution in [-0.4, -0.2) is 31.5 Å². The first-order valence-electron chi connectivity index (χ1n) is 6.83. The van der Waals surface area contributed by atoms with Crippen molar-refractivity contribution in [2.24, 2.45) is 0 Å². The molecule has 4 rings (SSSR count). The highest BCUT2D eigenvalue weighted by Gasteiger charge is 2.10. The number of nitrogens with one attached hydrogen (secondary N) is 2. The number of H-pyrrole nitrogens is 2. The molecule has 0 aliphatic rings. The van der Waals surface area contributed by atoms with Gasteiger partial charge in [-0.15, -0.1) is 0 Å². The third-order valence-corrected chi connectivity index (χ3v) is 3.77. The van der Waals surface area contributed by atoms with Crippen LogP contribution in [0.15, 0.2) is 42.6 Å². The first-order valence-corrected chi connectivity index (χ1v) is 6.83. The first kappa shape index (κ1) is 12.6. The van der Waals surface area contributed by atoms with Crippen molar-refractivity contribution in [2.45, 2.75) is 6.42 Å². The van der Waals surface area contributed by atoms with E-state index in [2.05, 4.69) is 20.4 Å². The highest BCUT2D eigenvalue weighted by atomic mass is 16.4. The summed E-state index contributed by atoms with van der Waals surface area (Å²) >= 11 is 0. The molecule has 0 saturated carbocycles. The summed E-state index contributed by atoms with van der Waals surface area (Å²) in [7, 11) is 0. The molecule has 2 aromatic heterocycles. The van der Waals surface area contributed by atoms with Gasteiger partial charge in [-0.3, -0.25) is 10.2 Å². The number of rotatable bonds is 3. The second-order valence-electron chi connectivity index (χ2n) is 5.21. The molecular formula is C16H12N4O2. The highest BCUT2D eigenvalue weighted by Crippen LogP contribution is 2.22. The fourth-order valence-electron chi connectivity index (χ4n) is 2.63. The van der Waals surface area contributed by atoms with Crippen LogP contribution in [0, 0.1) is 0 Å². The van der Waals surface area contributed by atoms with Gasteiger partial charge in [0.1, 0.15) is 0 Å². The summed E-state index contributed by atoms with van der Waals surface area (Å²) in [4.78, 5) is 11.1. The van der Waals surface area contributed by atoms with Crippen LogP contribution < -0.4 is 0 Å². The van der Waals surface area contributed by atoms with E-state index in [1.54, 1.807) is 24.4 Å². The molecule has 108 valence electrons. The molecule has 2 heterocycles. The number of aromatic nitrogens is 4. The molecule has 22 heavy (non-hydrogen) atoms. The van der Waals surface area contributed by atoms with E-state index < -0.39 is 5.97 Å². The molecule has 0 saturated heterocycles. The molecule has 6 heteroatoms. The normalized spacial score (nSPS) is 11.3. The van der Waals surface area contributed by atoms with Crippen LogP contribution in [0.4, 0.5) is 0 Å². The van der Waals surface area contributed by atoms with E-state index in [1.165, 1.54) is 0 Å². The number of carboxylic acid groups (broad SMARTS) is 1. The summed E-state index contributed by atoms with van der Waals surface area (Å²) in [6, 6.07) is 11.0. The van der Waals surface area contributed by atoms with Crippen molar-refractivity contribution < 1.29 is 9.90 Å². The van der Waals surface area contributed by atoms with Crippen LogP contribution >= 0.6 is 0 Å². The van der Waals surface area contributed by atoms with Crippen LogP contribution in [0.25, 0.3) is 21.8 Å². The molecule has 0 fully saturated rings. The van der Waals surface area contributed by atoms with Gasteiger partial charge in [-0.1, -0.05) is 12.1 Å². The van der Waals surface area contributed by atoms with E-state index >= 15 is 0 Å². The molecular weight excluding hydrogens is 280 g/mol. The lowest BCUT2D eigenvalue weighted by Crippen LogP contribution is -1.95. The molecule has 3 N–H and O–H groups in total. The van der Waals surface area contributed by atoms with Crippen molar-refractivity contribution in [1.29, 1.82) is 0 Å². The van der Waals surface area contributed by atoms with E-state index in [4.69, 9.17) is 5.11 Å². The predicted octanol–water partition coefficient (Wildman–Crippen LogP) is 2.73. The Morgan fingerprint density at radius 1 is 1.14 bits per heavy atom. The summed E-state index contributed by atoms with van der Waals surface area (Å²) in [5.74, 6) is -0.937. The van der Waals surface area contributed by atoms with Crippen molar-refractivity contribution in [3.05, 3.63) is 59.4 Å². The number of aromatic amines is 2. The maximum atomic E-state index is 11.1. The van der Waals surface area contributed by atoms with Crippen LogP contribution in [-0.2, 0) is 6.42 Å². The van der Waals surface area contributed by atoms with E-state index in [0.717, 1.165) is 33.1 Å². The number of carbonyl (C=O) groups is 1. The van der Waals surface area contributed by atoms with Gasteiger partial charge in [-0.05, 0) is 29.8 Å². The van der Waals surface area contributed by atoms with Crippen molar-refractivity contribution in [2.75, 3.05) is 0 Å². The number of hydrogen-bond acceptors (Lipinski definition) is 3. The minimum Gasteiger partial charge on any atom is -0.478 e. The van der Waals surface area contributed by atoms with E-state index in [9.17, 15) is 4.79 Å². The van der Waals surface area contributed by atoms with Crippen LogP contribution in [0.1, 0.15) is 21.6 Å². The van der Waals surface area contributed by atoms with Crippen molar-refractivity contribution in [3.63, 3.8) is 0 Å². The monoisotopic (exact) mass is 292 g/mol. The lowest BCUT2D eigenvalue weighted by atomic mass is 10.0. The number of aromatic carboxylic acids is 1. The Morgan fingerprint density at radius 3 is 2.91 bits per heavy atom. The zero-order valence-corrected chi connectivity index (χ0v) is 11.5. The molecule has 0 aliphatic carbocycles. The summed E-state index contributed by atoms with van der Waals surface area (Å²) in [6.07, 6.45) is 2.43. The molecule has 0 unspecified atom stereocenters. The average molecular weight is 292 g/mol. The van der Waals surface area contributed by atoms with Gasteiger partial charge in [0.25, 0.3) is 0 Å². The van der Waals surface area contributed by atoms with Gasteiger partial charge in [-0.25, -0.2) is 4.79 Å². The Hall–Kier alpha value is -3.15. The Bertz CT molecular complexity index is 1000. The van der Waals surface area contributed by atoms with E-state index in [0.29, 0.717) is 6.42 Å². The predicted molar refractivity (Wildman–Crippen MR) is 82.0 cm³/mol. The molecule has 4 aromatic rings. The van der Waals surface area contributed by atoms with Gasteiger partial charge in [0.15, 0.2) is 0 Å². The minimum atomic E-state index is -0.937. The van der Waals surface area contributed by atoms with Gasteiger partial charge >= 0.3 is 5.97 Å². The van der Waals surface area contributed by atoms with E-state index in [-0.39, 0.29) is 5.56 Å². The van der Waals surface area contributed by atoms with Crippen molar-refractivity contribution >= 4 is 27.8 Å². The van der Waals surface area contributed by atoms with Crippen LogP contribution in [0.2, 0.25) is 0 Å². The zero-order valence-electron chi connectivity index (χ0n) is 11.5. The van der Waals surface area contributed by atoms with Crippen LogP contribution in [0.5, 0.6) is 0 Å². The molecule has 0 radical (unpaired) electrons. The SMILES string of the molecule is O=C(O)c1ccc2n[nH]c(Cc3ccc4cn[nH]c4c3)c2c1. The minimum absolute atomic E-state index is 0.263. The van der Waals surface area contributed by atoms with Crippen molar-refractivity contribution in [3.8, 4) is 0 Å². The fourth-order valence-corrected chi connectivity index (χ4v) is 2.63. The quantitative estimate of drug-likeness (QED) is 0.541. The smallest absolute Gasteiger partial charge is 0.335 e. The molecule has 0 aliphatic heterocycles. The standard InChI is InChI=1S/C16H12N4O2/c21-16(22)10-3-4-13-12(7-10)15(20-19-13)6-9-1-2-11-8-17-18-14(11)5-9/h1-5,7-8H,6H2,(H,17,18)(H,19,20)(H,21,22).